The number of carbonyl (C=O) groups excluding carboxylic acids is 1. The van der Waals surface area contributed by atoms with Gasteiger partial charge < -0.3 is 20.3 Å². The molecule has 0 bridgehead atoms. The molecule has 0 radical (unpaired) electrons. The summed E-state index contributed by atoms with van der Waals surface area (Å²) in [5.74, 6) is -0.287. The van der Waals surface area contributed by atoms with Gasteiger partial charge in [0.05, 0.1) is 16.8 Å². The number of benzene rings is 2. The maximum atomic E-state index is 11.7. The summed E-state index contributed by atoms with van der Waals surface area (Å²) < 4.78 is 5.59. The second-order valence-electron chi connectivity index (χ2n) is 5.39. The summed E-state index contributed by atoms with van der Waals surface area (Å²) in [6.07, 6.45) is 1.34. The molecule has 144 valence electrons. The zero-order valence-electron chi connectivity index (χ0n) is 14.3. The molecule has 1 aromatic heterocycles. The van der Waals surface area contributed by atoms with Crippen LogP contribution in [0, 0.1) is 0 Å². The lowest BCUT2D eigenvalue weighted by atomic mass is 10.1. The number of nitrogens with one attached hydrogen (secondary N) is 2. The van der Waals surface area contributed by atoms with Crippen molar-refractivity contribution in [2.75, 3.05) is 5.32 Å². The Bertz CT molecular complexity index is 1000. The highest BCUT2D eigenvalue weighted by Crippen LogP contribution is 2.26. The third-order valence-corrected chi connectivity index (χ3v) is 3.83. The lowest BCUT2D eigenvalue weighted by Gasteiger charge is -2.03. The van der Waals surface area contributed by atoms with Crippen LogP contribution in [-0.4, -0.2) is 28.8 Å². The zero-order valence-corrected chi connectivity index (χ0v) is 15.1. The monoisotopic (exact) mass is 401 g/mol. The minimum atomic E-state index is -1.12. The van der Waals surface area contributed by atoms with E-state index in [1.165, 1.54) is 18.3 Å². The first-order valence-electron chi connectivity index (χ1n) is 7.81. The van der Waals surface area contributed by atoms with E-state index in [2.05, 4.69) is 15.8 Å². The van der Waals surface area contributed by atoms with Gasteiger partial charge in [-0.3, -0.25) is 0 Å². The first kappa shape index (κ1) is 20.7. The van der Waals surface area contributed by atoms with E-state index in [1.54, 1.807) is 42.5 Å². The standard InChI is InChI=1S/C19H14ClN3O4.H2O/c20-16-8-6-12(10-15(16)18(24)25)17-9-7-14(27-17)11-21-23-19(26)22-13-4-2-1-3-5-13;/h1-11H,(H,24,25)(H2,22,23,26);1H2/b21-11+;. The fourth-order valence-corrected chi connectivity index (χ4v) is 2.45. The first-order valence-corrected chi connectivity index (χ1v) is 8.19. The molecule has 5 N–H and O–H groups in total. The first-order chi connectivity index (χ1) is 13.0. The fraction of sp³-hybridized carbons (Fsp3) is 0. The summed E-state index contributed by atoms with van der Waals surface area (Å²) in [5, 5.41) is 15.7. The second kappa shape index (κ2) is 9.36. The average Bonchev–Trinajstić information content (AvgIpc) is 3.11. The van der Waals surface area contributed by atoms with E-state index in [9.17, 15) is 9.59 Å². The van der Waals surface area contributed by atoms with Gasteiger partial charge in [-0.25, -0.2) is 15.0 Å². The van der Waals surface area contributed by atoms with Gasteiger partial charge >= 0.3 is 12.0 Å². The number of hydrazone groups is 1. The van der Waals surface area contributed by atoms with Crippen molar-refractivity contribution < 1.29 is 24.6 Å². The van der Waals surface area contributed by atoms with Crippen LogP contribution in [0.1, 0.15) is 16.1 Å². The summed E-state index contributed by atoms with van der Waals surface area (Å²) in [5.41, 5.74) is 3.51. The number of anilines is 1. The molecular weight excluding hydrogens is 386 g/mol. The Morgan fingerprint density at radius 1 is 1.07 bits per heavy atom. The van der Waals surface area contributed by atoms with E-state index in [1.807, 2.05) is 6.07 Å². The Morgan fingerprint density at radius 3 is 2.54 bits per heavy atom. The lowest BCUT2D eigenvalue weighted by molar-refractivity contribution is 0.0697. The number of urea groups is 1. The SMILES string of the molecule is O.O=C(N/N=C/c1ccc(-c2ccc(Cl)c(C(=O)O)c2)o1)Nc1ccccc1. The Morgan fingerprint density at radius 2 is 1.82 bits per heavy atom. The molecule has 3 rings (SSSR count). The average molecular weight is 402 g/mol. The highest BCUT2D eigenvalue weighted by atomic mass is 35.5. The summed E-state index contributed by atoms with van der Waals surface area (Å²) in [6, 6.07) is 16.3. The molecule has 2 aromatic carbocycles. The number of nitrogens with zero attached hydrogens (tertiary/aromatic N) is 1. The topological polar surface area (TPSA) is 135 Å². The van der Waals surface area contributed by atoms with Crippen LogP contribution in [-0.2, 0) is 0 Å². The van der Waals surface area contributed by atoms with Gasteiger partial charge in [-0.15, -0.1) is 0 Å². The number of carbonyl (C=O) groups is 2. The quantitative estimate of drug-likeness (QED) is 0.444. The van der Waals surface area contributed by atoms with Gasteiger partial charge in [-0.2, -0.15) is 5.10 Å². The molecule has 0 atom stereocenters. The van der Waals surface area contributed by atoms with Crippen LogP contribution in [0.3, 0.4) is 0 Å². The number of furan rings is 1. The molecule has 0 spiro atoms. The van der Waals surface area contributed by atoms with E-state index >= 15 is 0 Å². The minimum Gasteiger partial charge on any atom is -0.478 e. The number of carboxylic acid groups (broad SMARTS) is 1. The van der Waals surface area contributed by atoms with Gasteiger partial charge in [0.1, 0.15) is 11.5 Å². The zero-order chi connectivity index (χ0) is 19.2. The molecule has 1 heterocycles. The number of halogens is 1. The van der Waals surface area contributed by atoms with E-state index in [4.69, 9.17) is 21.1 Å². The Kier molecular flexibility index (Phi) is 6.91. The highest BCUT2D eigenvalue weighted by Gasteiger charge is 2.12. The third-order valence-electron chi connectivity index (χ3n) is 3.50. The normalized spacial score (nSPS) is 10.3. The molecule has 0 fully saturated rings. The number of hydrogen-bond acceptors (Lipinski definition) is 4. The molecular formula is C19H16ClN3O5. The number of carboxylic acids is 1. The molecule has 9 heteroatoms. The molecule has 0 aliphatic heterocycles. The van der Waals surface area contributed by atoms with Crippen molar-refractivity contribution >= 4 is 35.5 Å². The number of para-hydroxylation sites is 1. The van der Waals surface area contributed by atoms with Crippen molar-refractivity contribution in [1.82, 2.24) is 5.43 Å². The molecule has 0 saturated heterocycles. The van der Waals surface area contributed by atoms with Gasteiger partial charge in [-0.1, -0.05) is 29.8 Å². The van der Waals surface area contributed by atoms with Crippen LogP contribution >= 0.6 is 11.6 Å². The molecule has 8 nitrogen and oxygen atoms in total. The largest absolute Gasteiger partial charge is 0.478 e. The maximum Gasteiger partial charge on any atom is 0.339 e. The van der Waals surface area contributed by atoms with Crippen LogP contribution in [0.5, 0.6) is 0 Å². The van der Waals surface area contributed by atoms with E-state index in [0.29, 0.717) is 22.8 Å². The van der Waals surface area contributed by atoms with Crippen molar-refractivity contribution in [3.8, 4) is 11.3 Å². The molecule has 0 aliphatic rings. The summed E-state index contributed by atoms with van der Waals surface area (Å²) in [4.78, 5) is 22.9. The van der Waals surface area contributed by atoms with Crippen molar-refractivity contribution in [3.63, 3.8) is 0 Å². The number of amides is 2. The number of aromatic carboxylic acids is 1. The predicted molar refractivity (Wildman–Crippen MR) is 106 cm³/mol. The molecule has 0 saturated carbocycles. The van der Waals surface area contributed by atoms with Crippen molar-refractivity contribution in [1.29, 1.82) is 0 Å². The number of hydrogen-bond donors (Lipinski definition) is 3. The van der Waals surface area contributed by atoms with Crippen LogP contribution in [0.15, 0.2) is 70.2 Å². The summed E-state index contributed by atoms with van der Waals surface area (Å²) >= 11 is 5.86. The minimum absolute atomic E-state index is 0. The summed E-state index contributed by atoms with van der Waals surface area (Å²) in [6.45, 7) is 0. The smallest absolute Gasteiger partial charge is 0.339 e. The van der Waals surface area contributed by atoms with Crippen LogP contribution in [0.2, 0.25) is 5.02 Å². The molecule has 2 amide bonds. The van der Waals surface area contributed by atoms with Crippen molar-refractivity contribution in [3.05, 3.63) is 77.0 Å². The van der Waals surface area contributed by atoms with Crippen LogP contribution in [0.25, 0.3) is 11.3 Å². The van der Waals surface area contributed by atoms with E-state index < -0.39 is 12.0 Å². The number of rotatable bonds is 5. The third kappa shape index (κ3) is 5.19. The molecule has 3 aromatic rings. The van der Waals surface area contributed by atoms with E-state index in [0.717, 1.165) is 0 Å². The molecule has 0 unspecified atom stereocenters. The fourth-order valence-electron chi connectivity index (χ4n) is 2.25. The molecule has 28 heavy (non-hydrogen) atoms. The maximum absolute atomic E-state index is 11.7. The van der Waals surface area contributed by atoms with Gasteiger partial charge in [0.25, 0.3) is 0 Å². The summed E-state index contributed by atoms with van der Waals surface area (Å²) in [7, 11) is 0. The lowest BCUT2D eigenvalue weighted by Crippen LogP contribution is -2.24. The van der Waals surface area contributed by atoms with Crippen molar-refractivity contribution in [2.45, 2.75) is 0 Å². The Balaban J connectivity index is 0.00000280. The second-order valence-corrected chi connectivity index (χ2v) is 5.80. The predicted octanol–water partition coefficient (Wildman–Crippen LogP) is 3.63. The Hall–Kier alpha value is -3.62. The van der Waals surface area contributed by atoms with Gasteiger partial charge in [-0.05, 0) is 42.5 Å². The highest BCUT2D eigenvalue weighted by molar-refractivity contribution is 6.33. The van der Waals surface area contributed by atoms with Gasteiger partial charge in [0.2, 0.25) is 0 Å². The van der Waals surface area contributed by atoms with Crippen LogP contribution in [0.4, 0.5) is 10.5 Å². The van der Waals surface area contributed by atoms with Gasteiger partial charge in [0, 0.05) is 11.3 Å². The van der Waals surface area contributed by atoms with Gasteiger partial charge in [0.15, 0.2) is 0 Å². The van der Waals surface area contributed by atoms with Crippen molar-refractivity contribution in [2.24, 2.45) is 5.10 Å². The van der Waals surface area contributed by atoms with Crippen LogP contribution < -0.4 is 10.7 Å². The van der Waals surface area contributed by atoms with E-state index in [-0.39, 0.29) is 16.1 Å². The Labute approximate surface area is 164 Å². The molecule has 0 aliphatic carbocycles.